The molecule has 0 heterocycles. The average Bonchev–Trinajstić information content (AvgIpc) is 2.74. The molecule has 5 rings (SSSR count). The smallest absolute Gasteiger partial charge is 0.00594 e. The Morgan fingerprint density at radius 3 is 2.64 bits per heavy atom. The highest BCUT2D eigenvalue weighted by Gasteiger charge is 2.69. The van der Waals surface area contributed by atoms with Crippen LogP contribution in [0.1, 0.15) is 19.3 Å². The lowest BCUT2D eigenvalue weighted by atomic mass is 9.51. The maximum absolute atomic E-state index is 1.91. The molecule has 4 atom stereocenters. The van der Waals surface area contributed by atoms with Gasteiger partial charge in [-0.05, 0) is 42.9 Å². The largest absolute Gasteiger partial charge is 0.0660 e. The Balaban J connectivity index is 1.71. The number of hydrogen-bond acceptors (Lipinski definition) is 0. The molecule has 0 radical (unpaired) electrons. The lowest BCUT2D eigenvalue weighted by Gasteiger charge is -2.53. The molecule has 1 saturated carbocycles. The number of rotatable bonds is 0. The molecule has 5 aliphatic rings. The van der Waals surface area contributed by atoms with E-state index in [4.69, 9.17) is 0 Å². The second kappa shape index (κ2) is 0.972. The van der Waals surface area contributed by atoms with E-state index >= 15 is 0 Å². The molecule has 0 aromatic rings. The van der Waals surface area contributed by atoms with E-state index in [1.807, 2.05) is 22.3 Å². The van der Waals surface area contributed by atoms with Gasteiger partial charge in [0.25, 0.3) is 0 Å². The fraction of sp³-hybridized carbons (Fsp3) is 0.636. The fourth-order valence-electron chi connectivity index (χ4n) is 4.23. The molecule has 0 spiro atoms. The molecule has 0 heteroatoms. The number of allylic oxidation sites excluding steroid dienone is 4. The minimum atomic E-state index is 1.11. The van der Waals surface area contributed by atoms with E-state index in [2.05, 4.69) is 0 Å². The molecule has 0 nitrogen and oxygen atoms in total. The first kappa shape index (κ1) is 4.49. The van der Waals surface area contributed by atoms with Crippen molar-refractivity contribution in [3.05, 3.63) is 22.3 Å². The molecule has 54 valence electrons. The lowest BCUT2D eigenvalue weighted by molar-refractivity contribution is 0.0581. The summed E-state index contributed by atoms with van der Waals surface area (Å²) in [6.07, 6.45) is 4.43. The minimum absolute atomic E-state index is 1.11. The molecule has 0 amide bonds. The Morgan fingerprint density at radius 1 is 0.818 bits per heavy atom. The third-order valence-electron chi connectivity index (χ3n) is 4.79. The highest BCUT2D eigenvalue weighted by atomic mass is 14.7. The Kier molecular flexibility index (Phi) is 0.397. The topological polar surface area (TPSA) is 0 Å². The van der Waals surface area contributed by atoms with Crippen molar-refractivity contribution in [1.82, 2.24) is 0 Å². The van der Waals surface area contributed by atoms with Crippen LogP contribution in [0.15, 0.2) is 22.3 Å². The van der Waals surface area contributed by atoms with Gasteiger partial charge in [0.1, 0.15) is 0 Å². The minimum Gasteiger partial charge on any atom is -0.0660 e. The summed E-state index contributed by atoms with van der Waals surface area (Å²) in [4.78, 5) is 0. The monoisotopic (exact) mass is 142 g/mol. The van der Waals surface area contributed by atoms with Crippen molar-refractivity contribution >= 4 is 0 Å². The summed E-state index contributed by atoms with van der Waals surface area (Å²) in [6, 6.07) is 0. The second-order valence-electron chi connectivity index (χ2n) is 4.98. The molecule has 0 aromatic carbocycles. The van der Waals surface area contributed by atoms with Gasteiger partial charge in [0, 0.05) is 0 Å². The van der Waals surface area contributed by atoms with Gasteiger partial charge in [-0.1, -0.05) is 22.3 Å². The molecular weight excluding hydrogens is 132 g/mol. The SMILES string of the molecule is C1C2=C1C1C(C2)C2C3=C(C3)[C@H]12. The summed E-state index contributed by atoms with van der Waals surface area (Å²) in [5.41, 5.74) is 7.58. The van der Waals surface area contributed by atoms with E-state index in [1.165, 1.54) is 19.3 Å². The van der Waals surface area contributed by atoms with E-state index in [9.17, 15) is 0 Å². The van der Waals surface area contributed by atoms with E-state index in [0.29, 0.717) is 0 Å². The maximum Gasteiger partial charge on any atom is -0.00594 e. The van der Waals surface area contributed by atoms with Crippen LogP contribution < -0.4 is 0 Å². The molecule has 5 aliphatic carbocycles. The first-order chi connectivity index (χ1) is 5.45. The maximum atomic E-state index is 1.91. The third kappa shape index (κ3) is 0.281. The van der Waals surface area contributed by atoms with Crippen LogP contribution in [-0.2, 0) is 0 Å². The summed E-state index contributed by atoms with van der Waals surface area (Å²) >= 11 is 0. The van der Waals surface area contributed by atoms with Crippen LogP contribution in [0.5, 0.6) is 0 Å². The fourth-order valence-corrected chi connectivity index (χ4v) is 4.23. The quantitative estimate of drug-likeness (QED) is 0.455. The van der Waals surface area contributed by atoms with Crippen molar-refractivity contribution in [3.8, 4) is 0 Å². The normalized spacial score (nSPS) is 58.9. The molecule has 3 unspecified atom stereocenters. The molecule has 0 aliphatic heterocycles. The summed E-state index contributed by atoms with van der Waals surface area (Å²) in [6.45, 7) is 0. The zero-order chi connectivity index (χ0) is 6.74. The zero-order valence-electron chi connectivity index (χ0n) is 6.43. The molecule has 0 N–H and O–H groups in total. The van der Waals surface area contributed by atoms with Gasteiger partial charge >= 0.3 is 0 Å². The van der Waals surface area contributed by atoms with E-state index in [-0.39, 0.29) is 0 Å². The van der Waals surface area contributed by atoms with Crippen molar-refractivity contribution in [2.24, 2.45) is 23.7 Å². The van der Waals surface area contributed by atoms with Crippen LogP contribution in [0.3, 0.4) is 0 Å². The van der Waals surface area contributed by atoms with Crippen molar-refractivity contribution < 1.29 is 0 Å². The Labute approximate surface area is 66.0 Å². The van der Waals surface area contributed by atoms with Gasteiger partial charge in [0.2, 0.25) is 0 Å². The van der Waals surface area contributed by atoms with Gasteiger partial charge in [0.05, 0.1) is 0 Å². The predicted octanol–water partition coefficient (Wildman–Crippen LogP) is 2.28. The van der Waals surface area contributed by atoms with Gasteiger partial charge < -0.3 is 0 Å². The van der Waals surface area contributed by atoms with Gasteiger partial charge in [-0.25, -0.2) is 0 Å². The van der Waals surface area contributed by atoms with Crippen LogP contribution in [-0.4, -0.2) is 0 Å². The summed E-state index contributed by atoms with van der Waals surface area (Å²) in [5, 5.41) is 0. The molecule has 0 saturated heterocycles. The highest BCUT2D eigenvalue weighted by molar-refractivity contribution is 5.61. The predicted molar refractivity (Wildman–Crippen MR) is 41.9 cm³/mol. The van der Waals surface area contributed by atoms with Crippen molar-refractivity contribution in [3.63, 3.8) is 0 Å². The van der Waals surface area contributed by atoms with Crippen LogP contribution in [0.2, 0.25) is 0 Å². The van der Waals surface area contributed by atoms with E-state index < -0.39 is 0 Å². The standard InChI is InChI=1S/C11H10/c1-4-2-8-9(5(1)4)11-7-3-6(7)10(8)11/h8-11H,1-3H2/t8?,9?,10?,11-/m1/s1. The van der Waals surface area contributed by atoms with Crippen LogP contribution >= 0.6 is 0 Å². The summed E-state index contributed by atoms with van der Waals surface area (Å²) in [7, 11) is 0. The zero-order valence-corrected chi connectivity index (χ0v) is 6.43. The van der Waals surface area contributed by atoms with E-state index in [1.54, 1.807) is 0 Å². The summed E-state index contributed by atoms with van der Waals surface area (Å²) in [5.74, 6) is 4.49. The molecule has 0 bridgehead atoms. The first-order valence-corrected chi connectivity index (χ1v) is 4.88. The van der Waals surface area contributed by atoms with Gasteiger partial charge in [-0.3, -0.25) is 0 Å². The van der Waals surface area contributed by atoms with Gasteiger partial charge in [-0.2, -0.15) is 0 Å². The first-order valence-electron chi connectivity index (χ1n) is 4.88. The highest BCUT2D eigenvalue weighted by Crippen LogP contribution is 2.79. The van der Waals surface area contributed by atoms with E-state index in [0.717, 1.165) is 23.7 Å². The van der Waals surface area contributed by atoms with Crippen LogP contribution in [0.4, 0.5) is 0 Å². The third-order valence-corrected chi connectivity index (χ3v) is 4.79. The Morgan fingerprint density at radius 2 is 1.64 bits per heavy atom. The average molecular weight is 142 g/mol. The Bertz CT molecular complexity index is 369. The molecule has 0 aromatic heterocycles. The Hall–Kier alpha value is -0.520. The van der Waals surface area contributed by atoms with Crippen LogP contribution in [0, 0.1) is 23.7 Å². The molecule has 1 fully saturated rings. The van der Waals surface area contributed by atoms with Crippen molar-refractivity contribution in [2.75, 3.05) is 0 Å². The molecule has 11 heavy (non-hydrogen) atoms. The van der Waals surface area contributed by atoms with Crippen molar-refractivity contribution in [2.45, 2.75) is 19.3 Å². The summed E-state index contributed by atoms with van der Waals surface area (Å²) < 4.78 is 0. The van der Waals surface area contributed by atoms with Gasteiger partial charge in [-0.15, -0.1) is 0 Å². The second-order valence-corrected chi connectivity index (χ2v) is 4.98. The number of hydrogen-bond donors (Lipinski definition) is 0. The van der Waals surface area contributed by atoms with Gasteiger partial charge in [0.15, 0.2) is 0 Å². The lowest BCUT2D eigenvalue weighted by Crippen LogP contribution is -2.47. The van der Waals surface area contributed by atoms with Crippen LogP contribution in [0.25, 0.3) is 0 Å². The van der Waals surface area contributed by atoms with Crippen molar-refractivity contribution in [1.29, 1.82) is 0 Å². The molecular formula is C11H10. The number of fused-ring (bicyclic) bond motifs is 7.